The smallest absolute Gasteiger partial charge is 0.333 e. The predicted molar refractivity (Wildman–Crippen MR) is 62.7 cm³/mol. The molecule has 0 spiro atoms. The number of hydrogen-bond donors (Lipinski definition) is 1. The lowest BCUT2D eigenvalue weighted by Gasteiger charge is -2.18. The fourth-order valence-corrected chi connectivity index (χ4v) is 0.949. The summed E-state index contributed by atoms with van der Waals surface area (Å²) in [5.41, 5.74) is 0.756. The van der Waals surface area contributed by atoms with Crippen molar-refractivity contribution >= 4 is 5.97 Å². The molecule has 0 atom stereocenters. The maximum Gasteiger partial charge on any atom is 0.333 e. The van der Waals surface area contributed by atoms with Crippen LogP contribution in [0.3, 0.4) is 0 Å². The zero-order chi connectivity index (χ0) is 11.9. The molecule has 0 aromatic heterocycles. The van der Waals surface area contributed by atoms with E-state index in [0.717, 1.165) is 19.5 Å². The van der Waals surface area contributed by atoms with Gasteiger partial charge in [0.25, 0.3) is 0 Å². The maximum atomic E-state index is 11.0. The van der Waals surface area contributed by atoms with Gasteiger partial charge >= 0.3 is 5.97 Å². The lowest BCUT2D eigenvalue weighted by atomic mass is 9.97. The molecule has 3 heteroatoms. The molecule has 0 aliphatic heterocycles. The van der Waals surface area contributed by atoms with Crippen LogP contribution in [0.4, 0.5) is 0 Å². The van der Waals surface area contributed by atoms with Gasteiger partial charge in [0, 0.05) is 5.57 Å². The van der Waals surface area contributed by atoms with Crippen molar-refractivity contribution in [2.24, 2.45) is 5.41 Å². The van der Waals surface area contributed by atoms with Crippen LogP contribution < -0.4 is 5.32 Å². The minimum Gasteiger partial charge on any atom is -0.462 e. The molecule has 0 bridgehead atoms. The van der Waals surface area contributed by atoms with Gasteiger partial charge in [0.2, 0.25) is 0 Å². The first kappa shape index (κ1) is 14.2. The molecule has 0 aliphatic carbocycles. The normalized spacial score (nSPS) is 11.2. The monoisotopic (exact) mass is 213 g/mol. The Morgan fingerprint density at radius 1 is 1.40 bits per heavy atom. The molecule has 3 nitrogen and oxygen atoms in total. The van der Waals surface area contributed by atoms with Crippen molar-refractivity contribution < 1.29 is 9.53 Å². The van der Waals surface area contributed by atoms with Crippen LogP contribution in [-0.2, 0) is 9.53 Å². The fourth-order valence-electron chi connectivity index (χ4n) is 0.949. The van der Waals surface area contributed by atoms with Gasteiger partial charge in [-0.05, 0) is 31.8 Å². The molecule has 1 N–H and O–H groups in total. The molecule has 0 heterocycles. The van der Waals surface area contributed by atoms with E-state index in [0.29, 0.717) is 17.6 Å². The first-order valence-electron chi connectivity index (χ1n) is 5.36. The SMILES string of the molecule is C=C(C)C(=O)OCCCNCC(C)(C)C. The summed E-state index contributed by atoms with van der Waals surface area (Å²) in [6.07, 6.45) is 0.842. The third-order valence-corrected chi connectivity index (χ3v) is 1.73. The molecule has 0 unspecified atom stereocenters. The second kappa shape index (κ2) is 6.62. The number of esters is 1. The van der Waals surface area contributed by atoms with Crippen molar-refractivity contribution in [1.29, 1.82) is 0 Å². The van der Waals surface area contributed by atoms with E-state index in [1.807, 2.05) is 0 Å². The first-order valence-corrected chi connectivity index (χ1v) is 5.36. The molecule has 0 radical (unpaired) electrons. The van der Waals surface area contributed by atoms with Gasteiger partial charge in [-0.1, -0.05) is 27.4 Å². The van der Waals surface area contributed by atoms with E-state index < -0.39 is 0 Å². The van der Waals surface area contributed by atoms with Crippen molar-refractivity contribution in [2.45, 2.75) is 34.1 Å². The lowest BCUT2D eigenvalue weighted by molar-refractivity contribution is -0.139. The van der Waals surface area contributed by atoms with Gasteiger partial charge in [0.15, 0.2) is 0 Å². The summed E-state index contributed by atoms with van der Waals surface area (Å²) < 4.78 is 4.96. The average Bonchev–Trinajstić information content (AvgIpc) is 2.08. The first-order chi connectivity index (χ1) is 6.83. The summed E-state index contributed by atoms with van der Waals surface area (Å²) in [4.78, 5) is 11.0. The topological polar surface area (TPSA) is 38.3 Å². The van der Waals surface area contributed by atoms with Crippen LogP contribution >= 0.6 is 0 Å². The van der Waals surface area contributed by atoms with E-state index in [1.54, 1.807) is 6.92 Å². The standard InChI is InChI=1S/C12H23NO2/c1-10(2)11(14)15-8-6-7-13-9-12(3,4)5/h13H,1,6-9H2,2-5H3. The molecule has 0 saturated carbocycles. The van der Waals surface area contributed by atoms with Gasteiger partial charge in [-0.2, -0.15) is 0 Å². The van der Waals surface area contributed by atoms with E-state index in [-0.39, 0.29) is 5.97 Å². The summed E-state index contributed by atoms with van der Waals surface area (Å²) in [6.45, 7) is 14.0. The summed E-state index contributed by atoms with van der Waals surface area (Å²) in [7, 11) is 0. The molecule has 88 valence electrons. The quantitative estimate of drug-likeness (QED) is 0.417. The third kappa shape index (κ3) is 9.47. The second-order valence-corrected chi connectivity index (χ2v) is 5.01. The molecular weight excluding hydrogens is 190 g/mol. The number of nitrogens with one attached hydrogen (secondary N) is 1. The van der Waals surface area contributed by atoms with Crippen LogP contribution in [0.2, 0.25) is 0 Å². The van der Waals surface area contributed by atoms with E-state index in [2.05, 4.69) is 32.7 Å². The van der Waals surface area contributed by atoms with Crippen LogP contribution in [0.15, 0.2) is 12.2 Å². The molecule has 0 aliphatic rings. The van der Waals surface area contributed by atoms with Gasteiger partial charge in [-0.25, -0.2) is 4.79 Å². The zero-order valence-corrected chi connectivity index (χ0v) is 10.4. The molecule has 15 heavy (non-hydrogen) atoms. The highest BCUT2D eigenvalue weighted by atomic mass is 16.5. The van der Waals surface area contributed by atoms with Crippen LogP contribution in [0.1, 0.15) is 34.1 Å². The van der Waals surface area contributed by atoms with E-state index in [9.17, 15) is 4.79 Å². The molecular formula is C12H23NO2. The Labute approximate surface area is 92.9 Å². The molecule has 0 fully saturated rings. The number of carbonyl (C=O) groups is 1. The average molecular weight is 213 g/mol. The van der Waals surface area contributed by atoms with Gasteiger partial charge in [0.1, 0.15) is 0 Å². The van der Waals surface area contributed by atoms with Crippen molar-refractivity contribution in [3.05, 3.63) is 12.2 Å². The molecule has 0 rings (SSSR count). The molecule has 0 amide bonds. The molecule has 0 aromatic rings. The van der Waals surface area contributed by atoms with Crippen molar-refractivity contribution in [1.82, 2.24) is 5.32 Å². The minimum absolute atomic E-state index is 0.300. The van der Waals surface area contributed by atoms with Crippen LogP contribution in [0.25, 0.3) is 0 Å². The Kier molecular flexibility index (Phi) is 6.25. The van der Waals surface area contributed by atoms with Crippen LogP contribution in [0.5, 0.6) is 0 Å². The number of rotatable bonds is 6. The number of ether oxygens (including phenoxy) is 1. The summed E-state index contributed by atoms with van der Waals surface area (Å²) in [5, 5.41) is 3.31. The highest BCUT2D eigenvalue weighted by Gasteiger charge is 2.08. The fraction of sp³-hybridized carbons (Fsp3) is 0.750. The van der Waals surface area contributed by atoms with E-state index in [4.69, 9.17) is 4.74 Å². The molecule has 0 aromatic carbocycles. The van der Waals surface area contributed by atoms with Crippen LogP contribution in [0, 0.1) is 5.41 Å². The Morgan fingerprint density at radius 2 is 2.00 bits per heavy atom. The van der Waals surface area contributed by atoms with Crippen molar-refractivity contribution in [2.75, 3.05) is 19.7 Å². The Balaban J connectivity index is 3.33. The summed E-state index contributed by atoms with van der Waals surface area (Å²) in [5.74, 6) is -0.300. The van der Waals surface area contributed by atoms with Crippen molar-refractivity contribution in [3.63, 3.8) is 0 Å². The Bertz CT molecular complexity index is 216. The summed E-state index contributed by atoms with van der Waals surface area (Å²) in [6, 6.07) is 0. The maximum absolute atomic E-state index is 11.0. The lowest BCUT2D eigenvalue weighted by Crippen LogP contribution is -2.28. The van der Waals surface area contributed by atoms with Gasteiger partial charge < -0.3 is 10.1 Å². The second-order valence-electron chi connectivity index (χ2n) is 5.01. The third-order valence-electron chi connectivity index (χ3n) is 1.73. The van der Waals surface area contributed by atoms with Crippen LogP contribution in [-0.4, -0.2) is 25.7 Å². The van der Waals surface area contributed by atoms with E-state index in [1.165, 1.54) is 0 Å². The van der Waals surface area contributed by atoms with Crippen molar-refractivity contribution in [3.8, 4) is 0 Å². The summed E-state index contributed by atoms with van der Waals surface area (Å²) >= 11 is 0. The minimum atomic E-state index is -0.300. The highest BCUT2D eigenvalue weighted by molar-refractivity contribution is 5.86. The van der Waals surface area contributed by atoms with Gasteiger partial charge in [-0.3, -0.25) is 0 Å². The Hall–Kier alpha value is -0.830. The number of hydrogen-bond acceptors (Lipinski definition) is 3. The zero-order valence-electron chi connectivity index (χ0n) is 10.4. The molecule has 0 saturated heterocycles. The largest absolute Gasteiger partial charge is 0.462 e. The van der Waals surface area contributed by atoms with E-state index >= 15 is 0 Å². The van der Waals surface area contributed by atoms with Gasteiger partial charge in [0.05, 0.1) is 6.61 Å². The van der Waals surface area contributed by atoms with Gasteiger partial charge in [-0.15, -0.1) is 0 Å². The Morgan fingerprint density at radius 3 is 2.47 bits per heavy atom. The predicted octanol–water partition coefficient (Wildman–Crippen LogP) is 2.13. The highest BCUT2D eigenvalue weighted by Crippen LogP contribution is 2.09. The number of carbonyl (C=O) groups excluding carboxylic acids is 1.